The van der Waals surface area contributed by atoms with Gasteiger partial charge in [-0.05, 0) is 79.5 Å². The predicted molar refractivity (Wildman–Crippen MR) is 91.9 cm³/mol. The number of hydrogen-bond acceptors (Lipinski definition) is 1. The van der Waals surface area contributed by atoms with Gasteiger partial charge < -0.3 is 5.32 Å². The van der Waals surface area contributed by atoms with Crippen LogP contribution >= 0.6 is 0 Å². The van der Waals surface area contributed by atoms with Gasteiger partial charge in [-0.25, -0.2) is 0 Å². The van der Waals surface area contributed by atoms with E-state index in [2.05, 4.69) is 44.3 Å². The molecule has 0 aromatic heterocycles. The number of fused-ring (bicyclic) bond motifs is 1. The Morgan fingerprint density at radius 2 is 1.76 bits per heavy atom. The van der Waals surface area contributed by atoms with Crippen molar-refractivity contribution in [1.29, 1.82) is 0 Å². The Labute approximate surface area is 130 Å². The van der Waals surface area contributed by atoms with Crippen molar-refractivity contribution in [3.63, 3.8) is 0 Å². The van der Waals surface area contributed by atoms with Crippen molar-refractivity contribution in [2.24, 2.45) is 11.3 Å². The largest absolute Gasteiger partial charge is 0.382 e. The SMILES string of the molecule is CCC(C)(C)C1CCC(Nc2ccc3c(c2)CCC3)CC1. The van der Waals surface area contributed by atoms with Crippen molar-refractivity contribution >= 4 is 5.69 Å². The van der Waals surface area contributed by atoms with Crippen molar-refractivity contribution in [3.8, 4) is 0 Å². The lowest BCUT2D eigenvalue weighted by molar-refractivity contribution is 0.147. The van der Waals surface area contributed by atoms with Gasteiger partial charge in [0.05, 0.1) is 0 Å². The summed E-state index contributed by atoms with van der Waals surface area (Å²) >= 11 is 0. The molecule has 0 spiro atoms. The second-order valence-electron chi connectivity index (χ2n) is 7.87. The van der Waals surface area contributed by atoms with Gasteiger partial charge in [-0.3, -0.25) is 0 Å². The second kappa shape index (κ2) is 6.02. The molecule has 3 rings (SSSR count). The van der Waals surface area contributed by atoms with Gasteiger partial charge in [-0.1, -0.05) is 33.3 Å². The molecule has 0 amide bonds. The number of hydrogen-bond donors (Lipinski definition) is 1. The van der Waals surface area contributed by atoms with Crippen LogP contribution in [0.25, 0.3) is 0 Å². The third-order valence-corrected chi connectivity index (χ3v) is 6.21. The van der Waals surface area contributed by atoms with Gasteiger partial charge in [0, 0.05) is 11.7 Å². The van der Waals surface area contributed by atoms with Crippen molar-refractivity contribution in [1.82, 2.24) is 0 Å². The number of anilines is 1. The maximum atomic E-state index is 3.80. The van der Waals surface area contributed by atoms with E-state index in [9.17, 15) is 0 Å². The first kappa shape index (κ1) is 14.9. The molecule has 1 saturated carbocycles. The van der Waals surface area contributed by atoms with Gasteiger partial charge in [-0.15, -0.1) is 0 Å². The molecule has 1 aromatic carbocycles. The average Bonchev–Trinajstić information content (AvgIpc) is 2.95. The topological polar surface area (TPSA) is 12.0 Å². The van der Waals surface area contributed by atoms with Crippen LogP contribution < -0.4 is 5.32 Å². The fraction of sp³-hybridized carbons (Fsp3) is 0.700. The van der Waals surface area contributed by atoms with Gasteiger partial charge in [0.15, 0.2) is 0 Å². The first-order chi connectivity index (χ1) is 10.1. The fourth-order valence-electron chi connectivity index (χ4n) is 4.21. The lowest BCUT2D eigenvalue weighted by atomic mass is 9.69. The lowest BCUT2D eigenvalue weighted by Gasteiger charge is -2.39. The van der Waals surface area contributed by atoms with Crippen molar-refractivity contribution in [3.05, 3.63) is 29.3 Å². The highest BCUT2D eigenvalue weighted by Crippen LogP contribution is 2.41. The molecule has 1 heteroatoms. The molecule has 1 aromatic rings. The number of aryl methyl sites for hydroxylation is 2. The molecule has 0 aliphatic heterocycles. The van der Waals surface area contributed by atoms with E-state index in [0.717, 1.165) is 5.92 Å². The average molecular weight is 285 g/mol. The summed E-state index contributed by atoms with van der Waals surface area (Å²) < 4.78 is 0. The van der Waals surface area contributed by atoms with Crippen LogP contribution in [0, 0.1) is 11.3 Å². The van der Waals surface area contributed by atoms with E-state index in [0.29, 0.717) is 11.5 Å². The number of nitrogens with one attached hydrogen (secondary N) is 1. The Kier molecular flexibility index (Phi) is 4.28. The Bertz CT molecular complexity index is 481. The predicted octanol–water partition coefficient (Wildman–Crippen LogP) is 5.58. The van der Waals surface area contributed by atoms with Crippen LogP contribution in [-0.4, -0.2) is 6.04 Å². The first-order valence-corrected chi connectivity index (χ1v) is 8.97. The fourth-order valence-corrected chi connectivity index (χ4v) is 4.21. The smallest absolute Gasteiger partial charge is 0.0345 e. The Balaban J connectivity index is 1.56. The zero-order valence-electron chi connectivity index (χ0n) is 14.0. The monoisotopic (exact) mass is 285 g/mol. The summed E-state index contributed by atoms with van der Waals surface area (Å²) in [5, 5.41) is 3.80. The van der Waals surface area contributed by atoms with E-state index < -0.39 is 0 Å². The third-order valence-electron chi connectivity index (χ3n) is 6.21. The summed E-state index contributed by atoms with van der Waals surface area (Å²) in [6, 6.07) is 7.74. The van der Waals surface area contributed by atoms with Crippen LogP contribution in [0.2, 0.25) is 0 Å². The second-order valence-corrected chi connectivity index (χ2v) is 7.87. The molecule has 0 unspecified atom stereocenters. The molecule has 0 heterocycles. The molecule has 0 atom stereocenters. The molecule has 0 saturated heterocycles. The number of benzene rings is 1. The highest BCUT2D eigenvalue weighted by molar-refractivity contribution is 5.50. The van der Waals surface area contributed by atoms with E-state index in [1.807, 2.05) is 0 Å². The lowest BCUT2D eigenvalue weighted by Crippen LogP contribution is -2.32. The van der Waals surface area contributed by atoms with E-state index in [4.69, 9.17) is 0 Å². The molecule has 1 fully saturated rings. The van der Waals surface area contributed by atoms with Crippen LogP contribution in [0.1, 0.15) is 70.4 Å². The van der Waals surface area contributed by atoms with Gasteiger partial charge in [0.1, 0.15) is 0 Å². The van der Waals surface area contributed by atoms with Gasteiger partial charge >= 0.3 is 0 Å². The molecule has 0 bridgehead atoms. The molecular formula is C20H31N. The summed E-state index contributed by atoms with van der Waals surface area (Å²) in [5.74, 6) is 0.917. The summed E-state index contributed by atoms with van der Waals surface area (Å²) in [4.78, 5) is 0. The van der Waals surface area contributed by atoms with Gasteiger partial charge in [0.25, 0.3) is 0 Å². The highest BCUT2D eigenvalue weighted by Gasteiger charge is 2.31. The van der Waals surface area contributed by atoms with Crippen LogP contribution in [0.4, 0.5) is 5.69 Å². The van der Waals surface area contributed by atoms with Gasteiger partial charge in [-0.2, -0.15) is 0 Å². The highest BCUT2D eigenvalue weighted by atomic mass is 14.9. The molecule has 1 nitrogen and oxygen atoms in total. The minimum Gasteiger partial charge on any atom is -0.382 e. The molecule has 2 aliphatic rings. The standard InChI is InChI=1S/C20H31N/c1-4-20(2,3)17-9-12-18(13-10-17)21-19-11-8-15-6-5-7-16(15)14-19/h8,11,14,17-18,21H,4-7,9-10,12-13H2,1-3H3. The summed E-state index contributed by atoms with van der Waals surface area (Å²) in [6.07, 6.45) is 10.7. The number of rotatable bonds is 4. The van der Waals surface area contributed by atoms with Crippen LogP contribution in [0.3, 0.4) is 0 Å². The van der Waals surface area contributed by atoms with E-state index in [1.165, 1.54) is 57.1 Å². The Morgan fingerprint density at radius 3 is 2.48 bits per heavy atom. The third kappa shape index (κ3) is 3.27. The molecule has 2 aliphatic carbocycles. The quantitative estimate of drug-likeness (QED) is 0.761. The van der Waals surface area contributed by atoms with Crippen molar-refractivity contribution < 1.29 is 0 Å². The molecule has 21 heavy (non-hydrogen) atoms. The molecule has 1 N–H and O–H groups in total. The minimum absolute atomic E-state index is 0.526. The zero-order chi connectivity index (χ0) is 14.9. The van der Waals surface area contributed by atoms with E-state index >= 15 is 0 Å². The maximum absolute atomic E-state index is 3.80. The van der Waals surface area contributed by atoms with E-state index in [-0.39, 0.29) is 0 Å². The minimum atomic E-state index is 0.526. The van der Waals surface area contributed by atoms with Crippen molar-refractivity contribution in [2.75, 3.05) is 5.32 Å². The Morgan fingerprint density at radius 1 is 1.05 bits per heavy atom. The molecule has 116 valence electrons. The normalized spacial score (nSPS) is 25.7. The Hall–Kier alpha value is -0.980. The van der Waals surface area contributed by atoms with E-state index in [1.54, 1.807) is 11.1 Å². The van der Waals surface area contributed by atoms with Crippen LogP contribution in [0.5, 0.6) is 0 Å². The van der Waals surface area contributed by atoms with Crippen LogP contribution in [-0.2, 0) is 12.8 Å². The summed E-state index contributed by atoms with van der Waals surface area (Å²) in [6.45, 7) is 7.24. The molecule has 0 radical (unpaired) electrons. The van der Waals surface area contributed by atoms with Crippen LogP contribution in [0.15, 0.2) is 18.2 Å². The maximum Gasteiger partial charge on any atom is 0.0345 e. The summed E-state index contributed by atoms with van der Waals surface area (Å²) in [5.41, 5.74) is 5.04. The molecular weight excluding hydrogens is 254 g/mol. The van der Waals surface area contributed by atoms with Crippen molar-refractivity contribution in [2.45, 2.75) is 78.2 Å². The zero-order valence-corrected chi connectivity index (χ0v) is 14.0. The first-order valence-electron chi connectivity index (χ1n) is 8.97. The summed E-state index contributed by atoms with van der Waals surface area (Å²) in [7, 11) is 0. The van der Waals surface area contributed by atoms with Gasteiger partial charge in [0.2, 0.25) is 0 Å².